The number of amides is 2. The maximum atomic E-state index is 13.1. The summed E-state index contributed by atoms with van der Waals surface area (Å²) in [7, 11) is 0. The van der Waals surface area contributed by atoms with Crippen LogP contribution in [0.5, 0.6) is 0 Å². The molecule has 0 radical (unpaired) electrons. The number of halogens is 3. The van der Waals surface area contributed by atoms with Crippen LogP contribution in [0.15, 0.2) is 36.4 Å². The van der Waals surface area contributed by atoms with Gasteiger partial charge in [0.1, 0.15) is 5.82 Å². The minimum atomic E-state index is -4.53. The summed E-state index contributed by atoms with van der Waals surface area (Å²) in [5, 5.41) is 14.9. The van der Waals surface area contributed by atoms with Crippen LogP contribution in [-0.4, -0.2) is 56.9 Å². The Hall–Kier alpha value is -3.37. The van der Waals surface area contributed by atoms with Gasteiger partial charge in [0.2, 0.25) is 0 Å². The molecule has 4 rings (SSSR count). The summed E-state index contributed by atoms with van der Waals surface area (Å²) in [6.45, 7) is 3.54. The average molecular weight is 405 g/mol. The highest BCUT2D eigenvalue weighted by molar-refractivity contribution is 5.90. The van der Waals surface area contributed by atoms with Crippen molar-refractivity contribution in [1.29, 1.82) is 0 Å². The lowest BCUT2D eigenvalue weighted by molar-refractivity contribution is -0.136. The largest absolute Gasteiger partial charge is 0.418 e. The van der Waals surface area contributed by atoms with Crippen molar-refractivity contribution < 1.29 is 18.0 Å². The fraction of sp³-hybridized carbons (Fsp3) is 0.333. The predicted octanol–water partition coefficient (Wildman–Crippen LogP) is 2.81. The number of hydrogen-bond acceptors (Lipinski definition) is 5. The molecule has 0 bridgehead atoms. The summed E-state index contributed by atoms with van der Waals surface area (Å²) >= 11 is 0. The van der Waals surface area contributed by atoms with E-state index in [1.165, 1.54) is 23.1 Å². The third-order valence-corrected chi connectivity index (χ3v) is 4.77. The maximum Gasteiger partial charge on any atom is 0.418 e. The number of benzene rings is 1. The Morgan fingerprint density at radius 2 is 1.76 bits per heavy atom. The van der Waals surface area contributed by atoms with E-state index in [1.54, 1.807) is 11.4 Å². The van der Waals surface area contributed by atoms with Crippen LogP contribution in [0.25, 0.3) is 5.65 Å². The number of carbonyl (C=O) groups excluding carboxylic acids is 1. The van der Waals surface area contributed by atoms with Crippen molar-refractivity contribution in [2.75, 3.05) is 36.4 Å². The van der Waals surface area contributed by atoms with Gasteiger partial charge < -0.3 is 15.1 Å². The number of alkyl halides is 3. The first kappa shape index (κ1) is 19.0. The van der Waals surface area contributed by atoms with E-state index in [-0.39, 0.29) is 5.69 Å². The number of hydrogen-bond donors (Lipinski definition) is 1. The van der Waals surface area contributed by atoms with E-state index >= 15 is 0 Å². The molecule has 1 aliphatic heterocycles. The Morgan fingerprint density at radius 1 is 1.03 bits per heavy atom. The second-order valence-electron chi connectivity index (χ2n) is 6.66. The average Bonchev–Trinajstić information content (AvgIpc) is 3.08. The zero-order valence-corrected chi connectivity index (χ0v) is 15.5. The van der Waals surface area contributed by atoms with Crippen molar-refractivity contribution >= 4 is 23.2 Å². The number of carbonyl (C=O) groups is 1. The van der Waals surface area contributed by atoms with Gasteiger partial charge in [-0.15, -0.1) is 15.3 Å². The molecule has 8 nitrogen and oxygen atoms in total. The molecule has 152 valence electrons. The molecule has 0 saturated carbocycles. The Kier molecular flexibility index (Phi) is 4.73. The summed E-state index contributed by atoms with van der Waals surface area (Å²) < 4.78 is 41.0. The molecule has 0 aliphatic carbocycles. The monoisotopic (exact) mass is 405 g/mol. The fourth-order valence-corrected chi connectivity index (χ4v) is 3.23. The predicted molar refractivity (Wildman–Crippen MR) is 99.8 cm³/mol. The Bertz CT molecular complexity index is 1040. The molecule has 0 unspecified atom stereocenters. The lowest BCUT2D eigenvalue weighted by atomic mass is 10.1. The molecule has 0 atom stereocenters. The van der Waals surface area contributed by atoms with Crippen LogP contribution >= 0.6 is 0 Å². The summed E-state index contributed by atoms with van der Waals surface area (Å²) in [4.78, 5) is 16.0. The summed E-state index contributed by atoms with van der Waals surface area (Å²) in [6.07, 6.45) is -4.53. The summed E-state index contributed by atoms with van der Waals surface area (Å²) in [5.41, 5.74) is -0.468. The van der Waals surface area contributed by atoms with Gasteiger partial charge >= 0.3 is 12.2 Å². The summed E-state index contributed by atoms with van der Waals surface area (Å²) in [6, 6.07) is 8.03. The molecule has 2 aromatic heterocycles. The van der Waals surface area contributed by atoms with Crippen molar-refractivity contribution in [2.24, 2.45) is 0 Å². The zero-order chi connectivity index (χ0) is 20.6. The third-order valence-electron chi connectivity index (χ3n) is 4.77. The molecule has 2 amide bonds. The molecule has 3 heterocycles. The van der Waals surface area contributed by atoms with Crippen molar-refractivity contribution in [3.63, 3.8) is 0 Å². The number of nitrogens with one attached hydrogen (secondary N) is 1. The van der Waals surface area contributed by atoms with Gasteiger partial charge in [-0.2, -0.15) is 17.7 Å². The number of fused-ring (bicyclic) bond motifs is 1. The molecule has 1 N–H and O–H groups in total. The number of aryl methyl sites for hydroxylation is 1. The molecular weight excluding hydrogens is 387 g/mol. The minimum Gasteiger partial charge on any atom is -0.352 e. The SMILES string of the molecule is Cc1nnc2ccc(N3CCN(C(=O)Nc4ccccc4C(F)(F)F)CC3)nn12. The molecule has 3 aromatic rings. The fourth-order valence-electron chi connectivity index (χ4n) is 3.23. The second-order valence-corrected chi connectivity index (χ2v) is 6.66. The van der Waals surface area contributed by atoms with Gasteiger partial charge in [0.05, 0.1) is 11.3 Å². The van der Waals surface area contributed by atoms with E-state index in [1.807, 2.05) is 17.0 Å². The van der Waals surface area contributed by atoms with Crippen LogP contribution in [0, 0.1) is 6.92 Å². The number of nitrogens with zero attached hydrogens (tertiary/aromatic N) is 6. The topological polar surface area (TPSA) is 78.7 Å². The minimum absolute atomic E-state index is 0.248. The first-order valence-electron chi connectivity index (χ1n) is 8.99. The quantitative estimate of drug-likeness (QED) is 0.709. The van der Waals surface area contributed by atoms with Crippen molar-refractivity contribution in [3.05, 3.63) is 47.8 Å². The second kappa shape index (κ2) is 7.22. The van der Waals surface area contributed by atoms with Crippen LogP contribution in [0.3, 0.4) is 0 Å². The number of piperazine rings is 1. The Labute approximate surface area is 163 Å². The number of para-hydroxylation sites is 1. The third kappa shape index (κ3) is 3.80. The standard InChI is InChI=1S/C18H18F3N7O/c1-12-23-24-15-6-7-16(25-28(12)15)26-8-10-27(11-9-26)17(29)22-14-5-3-2-4-13(14)18(19,20)21/h2-7H,8-11H2,1H3,(H,22,29). The van der Waals surface area contributed by atoms with Crippen LogP contribution in [0.1, 0.15) is 11.4 Å². The highest BCUT2D eigenvalue weighted by Crippen LogP contribution is 2.34. The smallest absolute Gasteiger partial charge is 0.352 e. The molecule has 29 heavy (non-hydrogen) atoms. The van der Waals surface area contributed by atoms with Gasteiger partial charge in [0.15, 0.2) is 11.5 Å². The highest BCUT2D eigenvalue weighted by atomic mass is 19.4. The molecule has 1 fully saturated rings. The molecule has 0 spiro atoms. The maximum absolute atomic E-state index is 13.1. The van der Waals surface area contributed by atoms with Crippen molar-refractivity contribution in [3.8, 4) is 0 Å². The van der Waals surface area contributed by atoms with Crippen molar-refractivity contribution in [2.45, 2.75) is 13.1 Å². The number of aromatic nitrogens is 4. The van der Waals surface area contributed by atoms with Gasteiger partial charge in [-0.25, -0.2) is 4.79 Å². The van der Waals surface area contributed by atoms with Gasteiger partial charge in [-0.3, -0.25) is 0 Å². The van der Waals surface area contributed by atoms with E-state index in [0.717, 1.165) is 11.9 Å². The molecular formula is C18H18F3N7O. The van der Waals surface area contributed by atoms with E-state index in [9.17, 15) is 18.0 Å². The van der Waals surface area contributed by atoms with Crippen LogP contribution in [0.2, 0.25) is 0 Å². The normalized spacial score (nSPS) is 15.0. The number of rotatable bonds is 2. The Morgan fingerprint density at radius 3 is 2.48 bits per heavy atom. The highest BCUT2D eigenvalue weighted by Gasteiger charge is 2.34. The molecule has 1 aromatic carbocycles. The Balaban J connectivity index is 1.42. The molecule has 1 saturated heterocycles. The lowest BCUT2D eigenvalue weighted by Crippen LogP contribution is -2.50. The molecule has 1 aliphatic rings. The summed E-state index contributed by atoms with van der Waals surface area (Å²) in [5.74, 6) is 1.39. The van der Waals surface area contributed by atoms with Crippen LogP contribution in [-0.2, 0) is 6.18 Å². The van der Waals surface area contributed by atoms with Crippen molar-refractivity contribution in [1.82, 2.24) is 24.7 Å². The van der Waals surface area contributed by atoms with Crippen LogP contribution < -0.4 is 10.2 Å². The lowest BCUT2D eigenvalue weighted by Gasteiger charge is -2.35. The van der Waals surface area contributed by atoms with E-state index < -0.39 is 17.8 Å². The number of anilines is 2. The number of urea groups is 1. The van der Waals surface area contributed by atoms with Gasteiger partial charge in [0, 0.05) is 26.2 Å². The zero-order valence-electron chi connectivity index (χ0n) is 15.5. The van der Waals surface area contributed by atoms with Gasteiger partial charge in [-0.05, 0) is 31.2 Å². The van der Waals surface area contributed by atoms with E-state index in [0.29, 0.717) is 37.7 Å². The van der Waals surface area contributed by atoms with E-state index in [4.69, 9.17) is 0 Å². The van der Waals surface area contributed by atoms with Crippen LogP contribution in [0.4, 0.5) is 29.5 Å². The van der Waals surface area contributed by atoms with Gasteiger partial charge in [0.25, 0.3) is 0 Å². The van der Waals surface area contributed by atoms with E-state index in [2.05, 4.69) is 20.6 Å². The van der Waals surface area contributed by atoms with Gasteiger partial charge in [-0.1, -0.05) is 12.1 Å². The molecule has 11 heteroatoms. The first-order chi connectivity index (χ1) is 13.8. The first-order valence-corrected chi connectivity index (χ1v) is 8.99.